The van der Waals surface area contributed by atoms with E-state index in [1.54, 1.807) is 0 Å². The van der Waals surface area contributed by atoms with E-state index in [-0.39, 0.29) is 12.6 Å². The van der Waals surface area contributed by atoms with Crippen LogP contribution >= 0.6 is 0 Å². The van der Waals surface area contributed by atoms with Gasteiger partial charge in [0.15, 0.2) is 0 Å². The Hall–Kier alpha value is -1.55. The number of amides is 2. The van der Waals surface area contributed by atoms with Crippen molar-refractivity contribution in [1.82, 2.24) is 5.32 Å². The third-order valence-corrected chi connectivity index (χ3v) is 3.75. The highest BCUT2D eigenvalue weighted by molar-refractivity contribution is 5.89. The zero-order valence-electron chi connectivity index (χ0n) is 11.9. The van der Waals surface area contributed by atoms with E-state index in [0.717, 1.165) is 36.9 Å². The molecule has 0 radical (unpaired) electrons. The number of carbonyl (C=O) groups is 1. The van der Waals surface area contributed by atoms with E-state index in [0.29, 0.717) is 6.04 Å². The zero-order valence-corrected chi connectivity index (χ0v) is 11.9. The lowest BCUT2D eigenvalue weighted by atomic mass is 9.96. The molecule has 110 valence electrons. The van der Waals surface area contributed by atoms with Gasteiger partial charge in [-0.2, -0.15) is 0 Å². The summed E-state index contributed by atoms with van der Waals surface area (Å²) in [5.74, 6) is 0. The van der Waals surface area contributed by atoms with Crippen LogP contribution in [0.3, 0.4) is 0 Å². The topological polar surface area (TPSA) is 61.4 Å². The largest absolute Gasteiger partial charge is 0.396 e. The molecule has 4 nitrogen and oxygen atoms in total. The second kappa shape index (κ2) is 7.90. The van der Waals surface area contributed by atoms with Gasteiger partial charge in [0, 0.05) is 18.3 Å². The number of carbonyl (C=O) groups excluding carboxylic acids is 1. The number of anilines is 1. The predicted molar refractivity (Wildman–Crippen MR) is 80.9 cm³/mol. The Morgan fingerprint density at radius 1 is 1.25 bits per heavy atom. The molecule has 0 atom stereocenters. The van der Waals surface area contributed by atoms with Gasteiger partial charge in [-0.25, -0.2) is 4.79 Å². The number of aryl methyl sites for hydroxylation is 1. The van der Waals surface area contributed by atoms with Crippen LogP contribution in [-0.4, -0.2) is 23.8 Å². The van der Waals surface area contributed by atoms with Gasteiger partial charge in [0.25, 0.3) is 0 Å². The lowest BCUT2D eigenvalue weighted by molar-refractivity contribution is 0.244. The molecule has 1 saturated carbocycles. The van der Waals surface area contributed by atoms with Crippen molar-refractivity contribution >= 4 is 11.7 Å². The average Bonchev–Trinajstić information content (AvgIpc) is 2.46. The Labute approximate surface area is 120 Å². The molecule has 1 aliphatic rings. The number of aliphatic hydroxyl groups excluding tert-OH is 1. The molecule has 0 aromatic heterocycles. The van der Waals surface area contributed by atoms with Gasteiger partial charge >= 0.3 is 6.03 Å². The third-order valence-electron chi connectivity index (χ3n) is 3.75. The Kier molecular flexibility index (Phi) is 5.87. The first-order chi connectivity index (χ1) is 9.78. The molecule has 20 heavy (non-hydrogen) atoms. The van der Waals surface area contributed by atoms with E-state index in [1.165, 1.54) is 19.3 Å². The third kappa shape index (κ3) is 4.85. The van der Waals surface area contributed by atoms with E-state index in [1.807, 2.05) is 24.3 Å². The summed E-state index contributed by atoms with van der Waals surface area (Å²) in [4.78, 5) is 11.9. The first kappa shape index (κ1) is 14.9. The molecule has 1 aromatic rings. The first-order valence-corrected chi connectivity index (χ1v) is 7.55. The maximum absolute atomic E-state index is 11.9. The number of hydrogen-bond acceptors (Lipinski definition) is 2. The summed E-state index contributed by atoms with van der Waals surface area (Å²) in [7, 11) is 0. The molecule has 1 aliphatic carbocycles. The second-order valence-electron chi connectivity index (χ2n) is 5.46. The summed E-state index contributed by atoms with van der Waals surface area (Å²) in [6.45, 7) is 0.194. The summed E-state index contributed by atoms with van der Waals surface area (Å²) in [5.41, 5.74) is 1.95. The lowest BCUT2D eigenvalue weighted by Crippen LogP contribution is -2.39. The van der Waals surface area contributed by atoms with Gasteiger partial charge in [0.1, 0.15) is 0 Å². The highest BCUT2D eigenvalue weighted by Crippen LogP contribution is 2.18. The van der Waals surface area contributed by atoms with Gasteiger partial charge in [-0.3, -0.25) is 0 Å². The van der Waals surface area contributed by atoms with E-state index >= 15 is 0 Å². The van der Waals surface area contributed by atoms with Crippen LogP contribution in [0, 0.1) is 0 Å². The number of aliphatic hydroxyl groups is 1. The fraction of sp³-hybridized carbons (Fsp3) is 0.562. The highest BCUT2D eigenvalue weighted by atomic mass is 16.2. The van der Waals surface area contributed by atoms with Crippen molar-refractivity contribution < 1.29 is 9.90 Å². The Bertz CT molecular complexity index is 428. The van der Waals surface area contributed by atoms with Crippen molar-refractivity contribution in [3.8, 4) is 0 Å². The van der Waals surface area contributed by atoms with Crippen LogP contribution in [0.15, 0.2) is 24.3 Å². The maximum Gasteiger partial charge on any atom is 0.319 e. The lowest BCUT2D eigenvalue weighted by Gasteiger charge is -2.22. The molecule has 0 bridgehead atoms. The summed E-state index contributed by atoms with van der Waals surface area (Å²) < 4.78 is 0. The van der Waals surface area contributed by atoms with Gasteiger partial charge < -0.3 is 15.7 Å². The average molecular weight is 276 g/mol. The Morgan fingerprint density at radius 2 is 2.05 bits per heavy atom. The smallest absolute Gasteiger partial charge is 0.319 e. The van der Waals surface area contributed by atoms with Gasteiger partial charge in [-0.1, -0.05) is 31.4 Å². The van der Waals surface area contributed by atoms with Crippen LogP contribution in [0.2, 0.25) is 0 Å². The number of urea groups is 1. The molecule has 1 fully saturated rings. The van der Waals surface area contributed by atoms with Crippen molar-refractivity contribution in [2.45, 2.75) is 51.0 Å². The maximum atomic E-state index is 11.9. The van der Waals surface area contributed by atoms with Crippen LogP contribution in [0.25, 0.3) is 0 Å². The second-order valence-corrected chi connectivity index (χ2v) is 5.46. The first-order valence-electron chi connectivity index (χ1n) is 7.55. The van der Waals surface area contributed by atoms with Gasteiger partial charge in [-0.15, -0.1) is 0 Å². The van der Waals surface area contributed by atoms with E-state index in [2.05, 4.69) is 10.6 Å². The van der Waals surface area contributed by atoms with Crippen molar-refractivity contribution in [3.63, 3.8) is 0 Å². The standard InChI is InChI=1S/C16H24N2O2/c19-11-5-7-13-6-4-10-15(12-13)18-16(20)17-14-8-2-1-3-9-14/h4,6,10,12,14,19H,1-3,5,7-9,11H2,(H2,17,18,20). The SMILES string of the molecule is O=C(Nc1cccc(CCCO)c1)NC1CCCCC1. The number of hydrogen-bond donors (Lipinski definition) is 3. The van der Waals surface area contributed by atoms with Gasteiger partial charge in [0.2, 0.25) is 0 Å². The van der Waals surface area contributed by atoms with Crippen molar-refractivity contribution in [2.75, 3.05) is 11.9 Å². The van der Waals surface area contributed by atoms with Crippen molar-refractivity contribution in [1.29, 1.82) is 0 Å². The van der Waals surface area contributed by atoms with Gasteiger partial charge in [0.05, 0.1) is 0 Å². The molecular formula is C16H24N2O2. The number of benzene rings is 1. The Morgan fingerprint density at radius 3 is 2.80 bits per heavy atom. The predicted octanol–water partition coefficient (Wildman–Crippen LogP) is 3.07. The highest BCUT2D eigenvalue weighted by Gasteiger charge is 2.15. The minimum Gasteiger partial charge on any atom is -0.396 e. The fourth-order valence-electron chi connectivity index (χ4n) is 2.69. The minimum absolute atomic E-state index is 0.115. The summed E-state index contributed by atoms with van der Waals surface area (Å²) in [6.07, 6.45) is 7.46. The van der Waals surface area contributed by atoms with Crippen LogP contribution in [0.5, 0.6) is 0 Å². The Balaban J connectivity index is 1.83. The van der Waals surface area contributed by atoms with Crippen molar-refractivity contribution in [3.05, 3.63) is 29.8 Å². The number of rotatable bonds is 5. The molecule has 0 heterocycles. The summed E-state index contributed by atoms with van der Waals surface area (Å²) in [5, 5.41) is 14.8. The van der Waals surface area contributed by atoms with Gasteiger partial charge in [-0.05, 0) is 43.4 Å². The normalized spacial score (nSPS) is 15.8. The molecule has 2 rings (SSSR count). The molecule has 0 saturated heterocycles. The monoisotopic (exact) mass is 276 g/mol. The van der Waals surface area contributed by atoms with Crippen LogP contribution in [0.4, 0.5) is 10.5 Å². The molecule has 0 unspecified atom stereocenters. The van der Waals surface area contributed by atoms with E-state index in [9.17, 15) is 4.79 Å². The number of nitrogens with one attached hydrogen (secondary N) is 2. The van der Waals surface area contributed by atoms with Crippen LogP contribution in [0.1, 0.15) is 44.1 Å². The van der Waals surface area contributed by atoms with E-state index in [4.69, 9.17) is 5.11 Å². The fourth-order valence-corrected chi connectivity index (χ4v) is 2.69. The van der Waals surface area contributed by atoms with Crippen LogP contribution < -0.4 is 10.6 Å². The van der Waals surface area contributed by atoms with Crippen molar-refractivity contribution in [2.24, 2.45) is 0 Å². The molecule has 0 aliphatic heterocycles. The molecular weight excluding hydrogens is 252 g/mol. The molecule has 3 N–H and O–H groups in total. The summed E-state index contributed by atoms with van der Waals surface area (Å²) >= 11 is 0. The molecule has 4 heteroatoms. The summed E-state index contributed by atoms with van der Waals surface area (Å²) in [6, 6.07) is 8.01. The van der Waals surface area contributed by atoms with Crippen LogP contribution in [-0.2, 0) is 6.42 Å². The quantitative estimate of drug-likeness (QED) is 0.774. The van der Waals surface area contributed by atoms with E-state index < -0.39 is 0 Å². The minimum atomic E-state index is -0.115. The molecule has 0 spiro atoms. The zero-order chi connectivity index (χ0) is 14.2. The molecule has 2 amide bonds. The molecule has 1 aromatic carbocycles.